The van der Waals surface area contributed by atoms with Crippen LogP contribution in [-0.2, 0) is 16.0 Å². The number of aromatic amines is 1. The lowest BCUT2D eigenvalue weighted by molar-refractivity contribution is -0.139. The number of imidazole rings is 1. The third-order valence-electron chi connectivity index (χ3n) is 1.72. The lowest BCUT2D eigenvalue weighted by Gasteiger charge is -2.10. The number of aldehydes is 1. The number of carboxylic acid groups (broad SMARTS) is 1. The summed E-state index contributed by atoms with van der Waals surface area (Å²) in [6, 6.07) is -0.763. The molecule has 0 aliphatic carbocycles. The molecular weight excluding hydrogens is 186 g/mol. The van der Waals surface area contributed by atoms with Crippen molar-refractivity contribution < 1.29 is 14.7 Å². The van der Waals surface area contributed by atoms with Gasteiger partial charge in [0.1, 0.15) is 12.3 Å². The van der Waals surface area contributed by atoms with Crippen molar-refractivity contribution in [3.63, 3.8) is 0 Å². The Labute approximate surface area is 80.4 Å². The second-order valence-electron chi connectivity index (χ2n) is 2.75. The van der Waals surface area contributed by atoms with Crippen molar-refractivity contribution in [2.75, 3.05) is 6.54 Å². The minimum absolute atomic E-state index is 0.0328. The van der Waals surface area contributed by atoms with Crippen LogP contribution in [0.3, 0.4) is 0 Å². The number of aliphatic carboxylic acids is 1. The van der Waals surface area contributed by atoms with E-state index in [-0.39, 0.29) is 13.0 Å². The zero-order valence-electron chi connectivity index (χ0n) is 7.43. The third kappa shape index (κ3) is 2.98. The molecule has 1 rings (SSSR count). The van der Waals surface area contributed by atoms with Gasteiger partial charge in [0.15, 0.2) is 0 Å². The zero-order valence-corrected chi connectivity index (χ0v) is 7.43. The minimum Gasteiger partial charge on any atom is -0.480 e. The van der Waals surface area contributed by atoms with E-state index in [0.717, 1.165) is 5.69 Å². The third-order valence-corrected chi connectivity index (χ3v) is 1.72. The first-order valence-electron chi connectivity index (χ1n) is 4.11. The van der Waals surface area contributed by atoms with Gasteiger partial charge >= 0.3 is 5.97 Å². The van der Waals surface area contributed by atoms with Crippen LogP contribution in [-0.4, -0.2) is 39.9 Å². The molecule has 0 radical (unpaired) electrons. The summed E-state index contributed by atoms with van der Waals surface area (Å²) in [5.41, 5.74) is 0.718. The Morgan fingerprint density at radius 3 is 3.07 bits per heavy atom. The van der Waals surface area contributed by atoms with Gasteiger partial charge in [-0.2, -0.15) is 0 Å². The number of aromatic nitrogens is 2. The molecule has 6 nitrogen and oxygen atoms in total. The van der Waals surface area contributed by atoms with Crippen LogP contribution in [0.2, 0.25) is 0 Å². The largest absolute Gasteiger partial charge is 0.480 e. The maximum atomic E-state index is 10.7. The number of rotatable bonds is 6. The highest BCUT2D eigenvalue weighted by Crippen LogP contribution is 1.98. The van der Waals surface area contributed by atoms with E-state index in [0.29, 0.717) is 6.29 Å². The number of nitrogens with zero attached hydrogens (tertiary/aromatic N) is 1. The van der Waals surface area contributed by atoms with Gasteiger partial charge in [0, 0.05) is 18.3 Å². The van der Waals surface area contributed by atoms with Crippen molar-refractivity contribution in [3.8, 4) is 0 Å². The fourth-order valence-corrected chi connectivity index (χ4v) is 1.05. The van der Waals surface area contributed by atoms with Gasteiger partial charge in [-0.25, -0.2) is 4.98 Å². The number of H-pyrrole nitrogens is 1. The average Bonchev–Trinajstić information content (AvgIpc) is 2.64. The number of carbonyl (C=O) groups excluding carboxylic acids is 1. The first-order valence-corrected chi connectivity index (χ1v) is 4.11. The molecular formula is C8H11N3O3. The molecule has 0 spiro atoms. The monoisotopic (exact) mass is 197 g/mol. The lowest BCUT2D eigenvalue weighted by Crippen LogP contribution is -2.39. The van der Waals surface area contributed by atoms with Gasteiger partial charge in [0.25, 0.3) is 0 Å². The smallest absolute Gasteiger partial charge is 0.321 e. The molecule has 0 saturated heterocycles. The summed E-state index contributed by atoms with van der Waals surface area (Å²) >= 11 is 0. The van der Waals surface area contributed by atoms with Crippen LogP contribution in [0.5, 0.6) is 0 Å². The fourth-order valence-electron chi connectivity index (χ4n) is 1.05. The van der Waals surface area contributed by atoms with E-state index in [1.807, 2.05) is 0 Å². The van der Waals surface area contributed by atoms with Crippen molar-refractivity contribution >= 4 is 12.3 Å². The van der Waals surface area contributed by atoms with Crippen molar-refractivity contribution in [1.82, 2.24) is 15.3 Å². The quantitative estimate of drug-likeness (QED) is 0.518. The van der Waals surface area contributed by atoms with Crippen LogP contribution < -0.4 is 5.32 Å². The van der Waals surface area contributed by atoms with Gasteiger partial charge in [-0.15, -0.1) is 0 Å². The van der Waals surface area contributed by atoms with E-state index in [4.69, 9.17) is 5.11 Å². The topological polar surface area (TPSA) is 95.1 Å². The molecule has 1 aromatic rings. The molecule has 0 saturated carbocycles. The van der Waals surface area contributed by atoms with E-state index < -0.39 is 12.0 Å². The molecule has 1 aromatic heterocycles. The molecule has 6 heteroatoms. The normalized spacial score (nSPS) is 12.3. The van der Waals surface area contributed by atoms with Crippen LogP contribution in [0, 0.1) is 0 Å². The summed E-state index contributed by atoms with van der Waals surface area (Å²) in [4.78, 5) is 27.3. The van der Waals surface area contributed by atoms with Crippen LogP contribution in [0.25, 0.3) is 0 Å². The van der Waals surface area contributed by atoms with E-state index >= 15 is 0 Å². The number of carbonyl (C=O) groups is 2. The Morgan fingerprint density at radius 1 is 1.79 bits per heavy atom. The van der Waals surface area contributed by atoms with Crippen LogP contribution in [0.4, 0.5) is 0 Å². The Balaban J connectivity index is 2.51. The lowest BCUT2D eigenvalue weighted by atomic mass is 10.1. The summed E-state index contributed by atoms with van der Waals surface area (Å²) in [6.07, 6.45) is 3.94. The van der Waals surface area contributed by atoms with Gasteiger partial charge < -0.3 is 14.9 Å². The maximum Gasteiger partial charge on any atom is 0.321 e. The molecule has 1 heterocycles. The van der Waals surface area contributed by atoms with E-state index in [2.05, 4.69) is 15.3 Å². The second kappa shape index (κ2) is 5.13. The summed E-state index contributed by atoms with van der Waals surface area (Å²) < 4.78 is 0. The predicted octanol–water partition coefficient (Wildman–Crippen LogP) is -0.806. The van der Waals surface area contributed by atoms with Crippen molar-refractivity contribution in [3.05, 3.63) is 18.2 Å². The molecule has 1 atom stereocenters. The Hall–Kier alpha value is -1.69. The predicted molar refractivity (Wildman–Crippen MR) is 47.8 cm³/mol. The molecule has 76 valence electrons. The highest BCUT2D eigenvalue weighted by atomic mass is 16.4. The van der Waals surface area contributed by atoms with Gasteiger partial charge in [0.05, 0.1) is 12.9 Å². The van der Waals surface area contributed by atoms with Crippen LogP contribution in [0.15, 0.2) is 12.5 Å². The molecule has 0 aliphatic heterocycles. The number of carboxylic acids is 1. The summed E-state index contributed by atoms with van der Waals surface area (Å²) in [5.74, 6) is -0.985. The Morgan fingerprint density at radius 2 is 2.57 bits per heavy atom. The molecule has 14 heavy (non-hydrogen) atoms. The standard InChI is InChI=1S/C8H11N3O3/c12-2-1-10-7(8(13)14)3-6-4-9-5-11-6/h2,4-5,7,10H,1,3H2,(H,9,11)(H,13,14)/t7-/m0/s1. The van der Waals surface area contributed by atoms with Gasteiger partial charge in [-0.3, -0.25) is 10.1 Å². The summed E-state index contributed by atoms with van der Waals surface area (Å²) in [6.45, 7) is 0.0328. The van der Waals surface area contributed by atoms with Crippen molar-refractivity contribution in [1.29, 1.82) is 0 Å². The van der Waals surface area contributed by atoms with E-state index in [1.165, 1.54) is 6.33 Å². The second-order valence-corrected chi connectivity index (χ2v) is 2.75. The fraction of sp³-hybridized carbons (Fsp3) is 0.375. The molecule has 0 aliphatic rings. The summed E-state index contributed by atoms with van der Waals surface area (Å²) in [7, 11) is 0. The maximum absolute atomic E-state index is 10.7. The SMILES string of the molecule is O=CCN[C@@H](Cc1cnc[nH]1)C(=O)O. The molecule has 0 unspecified atom stereocenters. The molecule has 0 bridgehead atoms. The first kappa shape index (κ1) is 10.4. The number of hydrogen-bond acceptors (Lipinski definition) is 4. The average molecular weight is 197 g/mol. The van der Waals surface area contributed by atoms with Crippen molar-refractivity contribution in [2.24, 2.45) is 0 Å². The molecule has 0 amide bonds. The van der Waals surface area contributed by atoms with Crippen molar-refractivity contribution in [2.45, 2.75) is 12.5 Å². The highest BCUT2D eigenvalue weighted by molar-refractivity contribution is 5.74. The highest BCUT2D eigenvalue weighted by Gasteiger charge is 2.17. The van der Waals surface area contributed by atoms with Gasteiger partial charge in [0.2, 0.25) is 0 Å². The Bertz CT molecular complexity index is 297. The van der Waals surface area contributed by atoms with Crippen LogP contribution >= 0.6 is 0 Å². The number of hydrogen-bond donors (Lipinski definition) is 3. The summed E-state index contributed by atoms with van der Waals surface area (Å²) in [5, 5.41) is 11.4. The van der Waals surface area contributed by atoms with E-state index in [1.54, 1.807) is 6.20 Å². The minimum atomic E-state index is -0.985. The number of nitrogens with one attached hydrogen (secondary N) is 2. The van der Waals surface area contributed by atoms with Crippen LogP contribution in [0.1, 0.15) is 5.69 Å². The molecule has 0 aromatic carbocycles. The molecule has 3 N–H and O–H groups in total. The Kier molecular flexibility index (Phi) is 3.81. The molecule has 0 fully saturated rings. The van der Waals surface area contributed by atoms with E-state index in [9.17, 15) is 9.59 Å². The van der Waals surface area contributed by atoms with Gasteiger partial charge in [-0.05, 0) is 0 Å². The zero-order chi connectivity index (χ0) is 10.4. The van der Waals surface area contributed by atoms with Gasteiger partial charge in [-0.1, -0.05) is 0 Å². The first-order chi connectivity index (χ1) is 6.74.